The van der Waals surface area contributed by atoms with Crippen molar-refractivity contribution in [2.45, 2.75) is 46.2 Å². The molecule has 9 nitrogen and oxygen atoms in total. The Bertz CT molecular complexity index is 1850. The first kappa shape index (κ1) is 29.5. The highest BCUT2D eigenvalue weighted by atomic mass is 35.5. The van der Waals surface area contributed by atoms with Gasteiger partial charge in [-0.1, -0.05) is 48.0 Å². The zero-order chi connectivity index (χ0) is 30.6. The number of rotatable bonds is 10. The molecule has 1 atom stereocenters. The van der Waals surface area contributed by atoms with Gasteiger partial charge in [0, 0.05) is 54.1 Å². The first-order valence-electron chi connectivity index (χ1n) is 14.8. The second-order valence-electron chi connectivity index (χ2n) is 10.8. The first-order chi connectivity index (χ1) is 21.4. The number of pyridine rings is 2. The molecule has 224 valence electrons. The molecular weight excluding hydrogens is 574 g/mol. The summed E-state index contributed by atoms with van der Waals surface area (Å²) in [6.45, 7) is 7.65. The molecule has 10 heteroatoms. The van der Waals surface area contributed by atoms with Crippen LogP contribution in [0.25, 0.3) is 33.4 Å². The summed E-state index contributed by atoms with van der Waals surface area (Å²) in [6.07, 6.45) is 3.18. The second kappa shape index (κ2) is 13.0. The van der Waals surface area contributed by atoms with Crippen LogP contribution >= 0.6 is 11.6 Å². The van der Waals surface area contributed by atoms with E-state index in [1.54, 1.807) is 6.20 Å². The molecule has 0 unspecified atom stereocenters. The summed E-state index contributed by atoms with van der Waals surface area (Å²) in [4.78, 5) is 30.0. The third-order valence-electron chi connectivity index (χ3n) is 7.73. The number of hydrogen-bond acceptors (Lipinski definition) is 8. The number of amides is 1. The van der Waals surface area contributed by atoms with Crippen LogP contribution in [-0.4, -0.2) is 45.0 Å². The van der Waals surface area contributed by atoms with Gasteiger partial charge in [0.2, 0.25) is 11.8 Å². The first-order valence-corrected chi connectivity index (χ1v) is 15.2. The highest BCUT2D eigenvalue weighted by Gasteiger charge is 2.21. The van der Waals surface area contributed by atoms with Gasteiger partial charge < -0.3 is 20.7 Å². The van der Waals surface area contributed by atoms with Gasteiger partial charge in [-0.25, -0.2) is 15.0 Å². The number of carbonyl (C=O) groups excluding carboxylic acids is 1. The number of carbonyl (C=O) groups is 1. The van der Waals surface area contributed by atoms with Crippen molar-refractivity contribution in [1.29, 1.82) is 0 Å². The van der Waals surface area contributed by atoms with Crippen molar-refractivity contribution in [2.24, 2.45) is 0 Å². The summed E-state index contributed by atoms with van der Waals surface area (Å²) >= 11 is 7.12. The lowest BCUT2D eigenvalue weighted by molar-refractivity contribution is -0.119. The quantitative estimate of drug-likeness (QED) is 0.164. The Labute approximate surface area is 261 Å². The molecule has 5 aromatic rings. The summed E-state index contributed by atoms with van der Waals surface area (Å²) in [6, 6.07) is 20.0. The minimum Gasteiger partial charge on any atom is -0.478 e. The van der Waals surface area contributed by atoms with E-state index < -0.39 is 0 Å². The van der Waals surface area contributed by atoms with E-state index in [4.69, 9.17) is 21.3 Å². The maximum atomic E-state index is 11.5. The van der Waals surface area contributed by atoms with Crippen LogP contribution in [0.15, 0.2) is 66.9 Å². The van der Waals surface area contributed by atoms with Crippen LogP contribution < -0.4 is 20.7 Å². The largest absolute Gasteiger partial charge is 0.478 e. The van der Waals surface area contributed by atoms with E-state index in [0.29, 0.717) is 54.2 Å². The lowest BCUT2D eigenvalue weighted by atomic mass is 9.96. The SMILES string of the molecule is CCOc1nc(-c2cccc(-c3cccc(Nc4nc(C)nc5cccnc45)c3C)c2Cl)ccc1CNC[C@@H]1CCC(=O)N1. The minimum absolute atomic E-state index is 0.113. The van der Waals surface area contributed by atoms with Crippen molar-refractivity contribution in [3.05, 3.63) is 88.8 Å². The number of aromatic nitrogens is 4. The maximum Gasteiger partial charge on any atom is 0.220 e. The van der Waals surface area contributed by atoms with Gasteiger partial charge in [0.05, 0.1) is 22.8 Å². The van der Waals surface area contributed by atoms with E-state index in [0.717, 1.165) is 51.1 Å². The van der Waals surface area contributed by atoms with Crippen LogP contribution in [0.3, 0.4) is 0 Å². The Morgan fingerprint density at radius 2 is 1.80 bits per heavy atom. The number of nitrogens with zero attached hydrogens (tertiary/aromatic N) is 4. The van der Waals surface area contributed by atoms with Crippen molar-refractivity contribution in [1.82, 2.24) is 30.6 Å². The van der Waals surface area contributed by atoms with Crippen molar-refractivity contribution in [3.8, 4) is 28.3 Å². The molecule has 1 fully saturated rings. The average molecular weight is 608 g/mol. The summed E-state index contributed by atoms with van der Waals surface area (Å²) in [5, 5.41) is 10.5. The molecule has 0 spiro atoms. The van der Waals surface area contributed by atoms with E-state index in [-0.39, 0.29) is 11.9 Å². The monoisotopic (exact) mass is 607 g/mol. The molecule has 6 rings (SSSR count). The Kier molecular flexibility index (Phi) is 8.67. The van der Waals surface area contributed by atoms with Gasteiger partial charge in [-0.2, -0.15) is 0 Å². The van der Waals surface area contributed by atoms with Crippen LogP contribution in [0, 0.1) is 13.8 Å². The molecule has 0 saturated carbocycles. The molecule has 0 aliphatic carbocycles. The van der Waals surface area contributed by atoms with E-state index in [1.165, 1.54) is 0 Å². The van der Waals surface area contributed by atoms with Crippen LogP contribution in [-0.2, 0) is 11.3 Å². The summed E-state index contributed by atoms with van der Waals surface area (Å²) < 4.78 is 5.94. The highest BCUT2D eigenvalue weighted by molar-refractivity contribution is 6.36. The Morgan fingerprint density at radius 3 is 2.61 bits per heavy atom. The highest BCUT2D eigenvalue weighted by Crippen LogP contribution is 2.40. The lowest BCUT2D eigenvalue weighted by Crippen LogP contribution is -2.35. The number of halogens is 1. The fourth-order valence-corrected chi connectivity index (χ4v) is 5.85. The summed E-state index contributed by atoms with van der Waals surface area (Å²) in [5.41, 5.74) is 7.81. The Balaban J connectivity index is 1.28. The summed E-state index contributed by atoms with van der Waals surface area (Å²) in [7, 11) is 0. The molecule has 3 N–H and O–H groups in total. The third-order valence-corrected chi connectivity index (χ3v) is 8.14. The molecule has 0 bridgehead atoms. The fourth-order valence-electron chi connectivity index (χ4n) is 5.53. The van der Waals surface area contributed by atoms with E-state index >= 15 is 0 Å². The van der Waals surface area contributed by atoms with Gasteiger partial charge in [0.25, 0.3) is 0 Å². The normalized spacial score (nSPS) is 14.5. The fraction of sp³-hybridized carbons (Fsp3) is 0.265. The molecular formula is C34H34ClN7O2. The van der Waals surface area contributed by atoms with Crippen LogP contribution in [0.1, 0.15) is 36.7 Å². The van der Waals surface area contributed by atoms with Crippen LogP contribution in [0.5, 0.6) is 5.88 Å². The van der Waals surface area contributed by atoms with E-state index in [1.807, 2.05) is 68.4 Å². The van der Waals surface area contributed by atoms with Gasteiger partial charge in [-0.3, -0.25) is 9.78 Å². The van der Waals surface area contributed by atoms with E-state index in [2.05, 4.69) is 43.9 Å². The van der Waals surface area contributed by atoms with Gasteiger partial charge in [-0.15, -0.1) is 0 Å². The van der Waals surface area contributed by atoms with Crippen molar-refractivity contribution >= 4 is 40.0 Å². The molecule has 1 amide bonds. The third kappa shape index (κ3) is 6.20. The van der Waals surface area contributed by atoms with Crippen molar-refractivity contribution in [2.75, 3.05) is 18.5 Å². The van der Waals surface area contributed by atoms with Gasteiger partial charge >= 0.3 is 0 Å². The zero-order valence-corrected chi connectivity index (χ0v) is 25.7. The average Bonchev–Trinajstić information content (AvgIpc) is 3.44. The van der Waals surface area contributed by atoms with Gasteiger partial charge in [-0.05, 0) is 62.6 Å². The molecule has 3 aromatic heterocycles. The lowest BCUT2D eigenvalue weighted by Gasteiger charge is -2.17. The molecule has 1 aliphatic rings. The maximum absolute atomic E-state index is 11.5. The molecule has 4 heterocycles. The number of aryl methyl sites for hydroxylation is 1. The molecule has 1 saturated heterocycles. The molecule has 44 heavy (non-hydrogen) atoms. The van der Waals surface area contributed by atoms with Crippen molar-refractivity contribution < 1.29 is 9.53 Å². The minimum atomic E-state index is 0.113. The molecule has 1 aliphatic heterocycles. The predicted octanol–water partition coefficient (Wildman–Crippen LogP) is 6.53. The van der Waals surface area contributed by atoms with Crippen LogP contribution in [0.2, 0.25) is 5.02 Å². The smallest absolute Gasteiger partial charge is 0.220 e. The van der Waals surface area contributed by atoms with Gasteiger partial charge in [0.1, 0.15) is 11.3 Å². The number of anilines is 2. The number of fused-ring (bicyclic) bond motifs is 1. The molecule has 0 radical (unpaired) electrons. The number of ether oxygens (including phenoxy) is 1. The number of nitrogens with one attached hydrogen (secondary N) is 3. The van der Waals surface area contributed by atoms with Crippen molar-refractivity contribution in [3.63, 3.8) is 0 Å². The van der Waals surface area contributed by atoms with E-state index in [9.17, 15) is 4.79 Å². The Hall–Kier alpha value is -4.60. The standard InChI is InChI=1S/C34H34ClN7O2/c1-4-44-34-22(18-36-19-23-14-16-30(43)40-23)13-15-28(42-34)26-10-5-9-25(31(26)35)24-8-6-11-27(20(24)2)41-33-32-29(12-7-17-37-32)38-21(3)39-33/h5-13,15,17,23,36H,4,14,16,18-19H2,1-3H3,(H,40,43)(H,38,39,41)/t23-/m0/s1. The van der Waals surface area contributed by atoms with Gasteiger partial charge in [0.15, 0.2) is 5.82 Å². The molecule has 2 aromatic carbocycles. The number of hydrogen-bond donors (Lipinski definition) is 3. The zero-order valence-electron chi connectivity index (χ0n) is 24.9. The predicted molar refractivity (Wildman–Crippen MR) is 174 cm³/mol. The number of benzene rings is 2. The second-order valence-corrected chi connectivity index (χ2v) is 11.2. The topological polar surface area (TPSA) is 114 Å². The van der Waals surface area contributed by atoms with Crippen LogP contribution in [0.4, 0.5) is 11.5 Å². The Morgan fingerprint density at radius 1 is 0.977 bits per heavy atom. The summed E-state index contributed by atoms with van der Waals surface area (Å²) in [5.74, 6) is 2.00.